The van der Waals surface area contributed by atoms with Crippen molar-refractivity contribution in [3.63, 3.8) is 0 Å². The van der Waals surface area contributed by atoms with Gasteiger partial charge in [0.25, 0.3) is 0 Å². The number of carbonyl (C=O) groups is 1. The molecule has 0 aliphatic heterocycles. The van der Waals surface area contributed by atoms with Gasteiger partial charge in [0.2, 0.25) is 5.91 Å². The van der Waals surface area contributed by atoms with E-state index in [-0.39, 0.29) is 17.9 Å². The topological polar surface area (TPSA) is 70.6 Å². The fourth-order valence-corrected chi connectivity index (χ4v) is 1.88. The van der Waals surface area contributed by atoms with Gasteiger partial charge in [-0.25, -0.2) is 0 Å². The van der Waals surface area contributed by atoms with Gasteiger partial charge in [-0.2, -0.15) is 0 Å². The quantitative estimate of drug-likeness (QED) is 0.690. The Hall–Kier alpha value is -1.59. The smallest absolute Gasteiger partial charge is 0.226 e. The molecule has 0 heterocycles. The van der Waals surface area contributed by atoms with Gasteiger partial charge in [-0.15, -0.1) is 0 Å². The van der Waals surface area contributed by atoms with Crippen LogP contribution in [0.25, 0.3) is 0 Å². The lowest BCUT2D eigenvalue weighted by atomic mass is 9.92. The summed E-state index contributed by atoms with van der Waals surface area (Å²) in [5.41, 5.74) is -0.121. The van der Waals surface area contributed by atoms with Gasteiger partial charge in [0, 0.05) is 19.0 Å². The average Bonchev–Trinajstić information content (AvgIpc) is 2.45. The molecule has 1 aromatic rings. The molecule has 0 aromatic heterocycles. The maximum absolute atomic E-state index is 12.1. The van der Waals surface area contributed by atoms with E-state index in [1.54, 1.807) is 26.2 Å². The van der Waals surface area contributed by atoms with Gasteiger partial charge in [0.05, 0.1) is 18.4 Å². The minimum atomic E-state index is -0.784. The largest absolute Gasteiger partial charge is 0.495 e. The van der Waals surface area contributed by atoms with Crippen LogP contribution in [0.1, 0.15) is 34.1 Å². The number of amides is 1. The summed E-state index contributed by atoms with van der Waals surface area (Å²) < 4.78 is 5.21. The molecule has 3 N–H and O–H groups in total. The summed E-state index contributed by atoms with van der Waals surface area (Å²) in [7, 11) is 1.57. The zero-order chi connectivity index (χ0) is 16.8. The Morgan fingerprint density at radius 1 is 1.32 bits per heavy atom. The number of anilines is 1. The average molecular weight is 308 g/mol. The molecule has 1 rings (SSSR count). The maximum Gasteiger partial charge on any atom is 0.226 e. The van der Waals surface area contributed by atoms with Crippen molar-refractivity contribution in [3.05, 3.63) is 24.3 Å². The molecule has 1 aromatic carbocycles. The summed E-state index contributed by atoms with van der Waals surface area (Å²) in [5, 5.41) is 16.3. The molecule has 5 heteroatoms. The SMILES string of the molecule is COc1ccccc1NC(=O)CC(C)NCC(C)(O)C(C)C. The molecule has 0 spiro atoms. The zero-order valence-electron chi connectivity index (χ0n) is 14.1. The van der Waals surface area contributed by atoms with Crippen LogP contribution in [0.5, 0.6) is 5.75 Å². The summed E-state index contributed by atoms with van der Waals surface area (Å²) in [6.07, 6.45) is 0.326. The highest BCUT2D eigenvalue weighted by Gasteiger charge is 2.25. The number of aliphatic hydroxyl groups is 1. The molecule has 124 valence electrons. The normalized spacial score (nSPS) is 15.2. The summed E-state index contributed by atoms with van der Waals surface area (Å²) in [5.74, 6) is 0.697. The molecular weight excluding hydrogens is 280 g/mol. The van der Waals surface area contributed by atoms with Gasteiger partial charge in [-0.3, -0.25) is 4.79 Å². The fourth-order valence-electron chi connectivity index (χ4n) is 1.88. The number of nitrogens with one attached hydrogen (secondary N) is 2. The summed E-state index contributed by atoms with van der Waals surface area (Å²) in [6, 6.07) is 7.28. The van der Waals surface area contributed by atoms with E-state index in [1.807, 2.05) is 32.9 Å². The van der Waals surface area contributed by atoms with Crippen LogP contribution in [0.3, 0.4) is 0 Å². The summed E-state index contributed by atoms with van der Waals surface area (Å²) in [6.45, 7) is 8.12. The Kier molecular flexibility index (Phi) is 6.84. The van der Waals surface area contributed by atoms with Crippen LogP contribution in [0.2, 0.25) is 0 Å². The Morgan fingerprint density at radius 2 is 1.95 bits per heavy atom. The van der Waals surface area contributed by atoms with E-state index in [2.05, 4.69) is 10.6 Å². The van der Waals surface area contributed by atoms with Gasteiger partial charge < -0.3 is 20.5 Å². The third-order valence-electron chi connectivity index (χ3n) is 3.92. The van der Waals surface area contributed by atoms with Crippen molar-refractivity contribution in [2.24, 2.45) is 5.92 Å². The Bertz CT molecular complexity index is 487. The van der Waals surface area contributed by atoms with Crippen LogP contribution >= 0.6 is 0 Å². The number of carbonyl (C=O) groups excluding carboxylic acids is 1. The van der Waals surface area contributed by atoms with Crippen LogP contribution < -0.4 is 15.4 Å². The van der Waals surface area contributed by atoms with Gasteiger partial charge in [0.15, 0.2) is 0 Å². The van der Waals surface area contributed by atoms with E-state index < -0.39 is 5.60 Å². The van der Waals surface area contributed by atoms with Crippen molar-refractivity contribution in [2.45, 2.75) is 45.8 Å². The number of hydrogen-bond acceptors (Lipinski definition) is 4. The second-order valence-corrected chi connectivity index (χ2v) is 6.25. The molecule has 0 radical (unpaired) electrons. The minimum Gasteiger partial charge on any atom is -0.495 e. The van der Waals surface area contributed by atoms with E-state index in [4.69, 9.17) is 4.74 Å². The minimum absolute atomic E-state index is 0.0278. The molecular formula is C17H28N2O3. The Balaban J connectivity index is 2.48. The van der Waals surface area contributed by atoms with E-state index in [0.717, 1.165) is 0 Å². The number of methoxy groups -OCH3 is 1. The van der Waals surface area contributed by atoms with Crippen LogP contribution in [-0.2, 0) is 4.79 Å². The highest BCUT2D eigenvalue weighted by molar-refractivity contribution is 5.92. The first kappa shape index (κ1) is 18.5. The second kappa shape index (κ2) is 8.15. The van der Waals surface area contributed by atoms with Gasteiger partial charge >= 0.3 is 0 Å². The predicted molar refractivity (Wildman–Crippen MR) is 89.2 cm³/mol. The lowest BCUT2D eigenvalue weighted by Gasteiger charge is -2.29. The standard InChI is InChI=1S/C17H28N2O3/c1-12(2)17(4,21)11-18-13(3)10-16(20)19-14-8-6-7-9-15(14)22-5/h6-9,12-13,18,21H,10-11H2,1-5H3,(H,19,20). The first-order valence-corrected chi connectivity index (χ1v) is 7.65. The van der Waals surface area contributed by atoms with E-state index in [9.17, 15) is 9.90 Å². The molecule has 0 saturated carbocycles. The maximum atomic E-state index is 12.1. The number of ether oxygens (including phenoxy) is 1. The summed E-state index contributed by atoms with van der Waals surface area (Å²) >= 11 is 0. The van der Waals surface area contributed by atoms with Crippen molar-refractivity contribution in [2.75, 3.05) is 19.0 Å². The second-order valence-electron chi connectivity index (χ2n) is 6.25. The van der Waals surface area contributed by atoms with Crippen LogP contribution in [-0.4, -0.2) is 36.3 Å². The molecule has 0 bridgehead atoms. The van der Waals surface area contributed by atoms with Crippen molar-refractivity contribution in [1.82, 2.24) is 5.32 Å². The molecule has 22 heavy (non-hydrogen) atoms. The van der Waals surface area contributed by atoms with E-state index in [0.29, 0.717) is 24.4 Å². The monoisotopic (exact) mass is 308 g/mol. The van der Waals surface area contributed by atoms with Crippen LogP contribution in [0, 0.1) is 5.92 Å². The van der Waals surface area contributed by atoms with Crippen LogP contribution in [0.4, 0.5) is 5.69 Å². The molecule has 1 amide bonds. The van der Waals surface area contributed by atoms with Crippen molar-refractivity contribution in [1.29, 1.82) is 0 Å². The zero-order valence-corrected chi connectivity index (χ0v) is 14.1. The molecule has 0 saturated heterocycles. The highest BCUT2D eigenvalue weighted by atomic mass is 16.5. The van der Waals surface area contributed by atoms with E-state index in [1.165, 1.54) is 0 Å². The Labute approximate surface area is 133 Å². The number of benzene rings is 1. The molecule has 0 aliphatic rings. The van der Waals surface area contributed by atoms with Gasteiger partial charge in [0.1, 0.15) is 5.75 Å². The molecule has 0 aliphatic carbocycles. The summed E-state index contributed by atoms with van der Waals surface area (Å²) in [4.78, 5) is 12.1. The molecule has 0 fully saturated rings. The third-order valence-corrected chi connectivity index (χ3v) is 3.92. The van der Waals surface area contributed by atoms with E-state index >= 15 is 0 Å². The number of hydrogen-bond donors (Lipinski definition) is 3. The number of rotatable bonds is 8. The highest BCUT2D eigenvalue weighted by Crippen LogP contribution is 2.23. The van der Waals surface area contributed by atoms with Crippen molar-refractivity contribution in [3.8, 4) is 5.75 Å². The third kappa shape index (κ3) is 5.66. The van der Waals surface area contributed by atoms with Gasteiger partial charge in [-0.05, 0) is 31.9 Å². The number of para-hydroxylation sites is 2. The molecule has 2 atom stereocenters. The van der Waals surface area contributed by atoms with Crippen LogP contribution in [0.15, 0.2) is 24.3 Å². The lowest BCUT2D eigenvalue weighted by Crippen LogP contribution is -2.45. The first-order chi connectivity index (χ1) is 10.3. The molecule has 2 unspecified atom stereocenters. The van der Waals surface area contributed by atoms with Crippen molar-refractivity contribution < 1.29 is 14.6 Å². The first-order valence-electron chi connectivity index (χ1n) is 7.65. The van der Waals surface area contributed by atoms with Crippen molar-refractivity contribution >= 4 is 11.6 Å². The molecule has 5 nitrogen and oxygen atoms in total. The fraction of sp³-hybridized carbons (Fsp3) is 0.588. The Morgan fingerprint density at radius 3 is 2.55 bits per heavy atom. The lowest BCUT2D eigenvalue weighted by molar-refractivity contribution is -0.116. The van der Waals surface area contributed by atoms with Gasteiger partial charge in [-0.1, -0.05) is 26.0 Å². The predicted octanol–water partition coefficient (Wildman–Crippen LogP) is 2.41.